The van der Waals surface area contributed by atoms with Gasteiger partial charge in [0.1, 0.15) is 5.75 Å². The van der Waals surface area contributed by atoms with Crippen molar-refractivity contribution in [3.8, 4) is 5.75 Å². The maximum absolute atomic E-state index is 13.1. The fraction of sp³-hybridized carbons (Fsp3) is 0.269. The zero-order valence-corrected chi connectivity index (χ0v) is 20.0. The summed E-state index contributed by atoms with van der Waals surface area (Å²) >= 11 is 0. The van der Waals surface area contributed by atoms with Crippen LogP contribution in [0.3, 0.4) is 0 Å². The molecule has 0 atom stereocenters. The molecule has 0 aromatic heterocycles. The van der Waals surface area contributed by atoms with Crippen LogP contribution >= 0.6 is 0 Å². The van der Waals surface area contributed by atoms with E-state index >= 15 is 0 Å². The number of ether oxygens (including phenoxy) is 1. The van der Waals surface area contributed by atoms with Gasteiger partial charge in [-0.1, -0.05) is 60.7 Å². The molecule has 0 aliphatic rings. The van der Waals surface area contributed by atoms with E-state index in [2.05, 4.69) is 4.72 Å². The monoisotopic (exact) mass is 466 g/mol. The molecule has 174 valence electrons. The second kappa shape index (κ2) is 11.1. The third-order valence-electron chi connectivity index (χ3n) is 4.98. The highest BCUT2D eigenvalue weighted by molar-refractivity contribution is 7.89. The SMILES string of the molecule is Cc1cc(S(=O)(=O)NC(C)C)ccc1OCC(=O)N(Cc1ccccc1)Cc1ccccc1. The number of carbonyl (C=O) groups excluding carboxylic acids is 1. The first-order chi connectivity index (χ1) is 15.7. The van der Waals surface area contributed by atoms with Gasteiger partial charge < -0.3 is 9.64 Å². The van der Waals surface area contributed by atoms with Gasteiger partial charge in [0.05, 0.1) is 4.90 Å². The van der Waals surface area contributed by atoms with E-state index in [1.807, 2.05) is 60.7 Å². The number of nitrogens with zero attached hydrogens (tertiary/aromatic N) is 1. The number of nitrogens with one attached hydrogen (secondary N) is 1. The van der Waals surface area contributed by atoms with Gasteiger partial charge in [0.15, 0.2) is 6.61 Å². The molecule has 0 spiro atoms. The van der Waals surface area contributed by atoms with Crippen molar-refractivity contribution in [3.05, 3.63) is 95.6 Å². The summed E-state index contributed by atoms with van der Waals surface area (Å²) in [5, 5.41) is 0. The lowest BCUT2D eigenvalue weighted by Crippen LogP contribution is -2.34. The highest BCUT2D eigenvalue weighted by Gasteiger charge is 2.19. The number of hydrogen-bond donors (Lipinski definition) is 1. The van der Waals surface area contributed by atoms with E-state index < -0.39 is 10.0 Å². The van der Waals surface area contributed by atoms with Gasteiger partial charge in [-0.2, -0.15) is 0 Å². The molecule has 33 heavy (non-hydrogen) atoms. The second-order valence-electron chi connectivity index (χ2n) is 8.21. The Bertz CT molecular complexity index is 1120. The van der Waals surface area contributed by atoms with E-state index in [-0.39, 0.29) is 23.5 Å². The van der Waals surface area contributed by atoms with Crippen LogP contribution in [0.1, 0.15) is 30.5 Å². The fourth-order valence-corrected chi connectivity index (χ4v) is 4.74. The number of rotatable bonds is 10. The van der Waals surface area contributed by atoms with Gasteiger partial charge in [-0.15, -0.1) is 0 Å². The predicted octanol–water partition coefficient (Wildman–Crippen LogP) is 4.29. The zero-order chi connectivity index (χ0) is 23.8. The normalized spacial score (nSPS) is 11.4. The van der Waals surface area contributed by atoms with E-state index in [4.69, 9.17) is 4.74 Å². The van der Waals surface area contributed by atoms with Gasteiger partial charge in [-0.25, -0.2) is 13.1 Å². The molecule has 0 fully saturated rings. The Balaban J connectivity index is 1.71. The van der Waals surface area contributed by atoms with Crippen molar-refractivity contribution in [2.45, 2.75) is 44.8 Å². The molecule has 0 bridgehead atoms. The number of sulfonamides is 1. The first-order valence-electron chi connectivity index (χ1n) is 10.9. The number of amides is 1. The summed E-state index contributed by atoms with van der Waals surface area (Å²) in [7, 11) is -3.59. The number of benzene rings is 3. The van der Waals surface area contributed by atoms with Crippen LogP contribution < -0.4 is 9.46 Å². The topological polar surface area (TPSA) is 75.7 Å². The molecule has 0 saturated carbocycles. The number of carbonyl (C=O) groups is 1. The Hall–Kier alpha value is -3.16. The highest BCUT2D eigenvalue weighted by atomic mass is 32.2. The van der Waals surface area contributed by atoms with Crippen LogP contribution in [0.25, 0.3) is 0 Å². The average Bonchev–Trinajstić information content (AvgIpc) is 2.78. The molecule has 1 amide bonds. The maximum atomic E-state index is 13.1. The van der Waals surface area contributed by atoms with Crippen LogP contribution in [-0.4, -0.2) is 31.9 Å². The first kappa shape index (κ1) is 24.5. The van der Waals surface area contributed by atoms with E-state index in [1.54, 1.807) is 37.8 Å². The van der Waals surface area contributed by atoms with Crippen molar-refractivity contribution >= 4 is 15.9 Å². The predicted molar refractivity (Wildman–Crippen MR) is 129 cm³/mol. The van der Waals surface area contributed by atoms with Crippen molar-refractivity contribution in [1.82, 2.24) is 9.62 Å². The zero-order valence-electron chi connectivity index (χ0n) is 19.2. The summed E-state index contributed by atoms with van der Waals surface area (Å²) in [5.41, 5.74) is 2.71. The second-order valence-corrected chi connectivity index (χ2v) is 9.93. The van der Waals surface area contributed by atoms with Crippen LogP contribution in [0.4, 0.5) is 0 Å². The Morgan fingerprint density at radius 1 is 0.909 bits per heavy atom. The summed E-state index contributed by atoms with van der Waals surface area (Å²) in [6.45, 7) is 6.09. The quantitative estimate of drug-likeness (QED) is 0.484. The minimum Gasteiger partial charge on any atom is -0.483 e. The standard InChI is InChI=1S/C26H30N2O4S/c1-20(2)27-33(30,31)24-14-15-25(21(3)16-24)32-19-26(29)28(17-22-10-6-4-7-11-22)18-23-12-8-5-9-13-23/h4-16,20,27H,17-19H2,1-3H3. The van der Waals surface area contributed by atoms with Crippen LogP contribution in [0.15, 0.2) is 83.8 Å². The number of hydrogen-bond acceptors (Lipinski definition) is 4. The Morgan fingerprint density at radius 2 is 1.45 bits per heavy atom. The molecule has 0 heterocycles. The lowest BCUT2D eigenvalue weighted by molar-refractivity contribution is -0.134. The van der Waals surface area contributed by atoms with Crippen molar-refractivity contribution < 1.29 is 17.9 Å². The van der Waals surface area contributed by atoms with E-state index in [1.165, 1.54) is 6.07 Å². The minimum atomic E-state index is -3.59. The highest BCUT2D eigenvalue weighted by Crippen LogP contribution is 2.22. The van der Waals surface area contributed by atoms with Gasteiger partial charge >= 0.3 is 0 Å². The van der Waals surface area contributed by atoms with Gasteiger partial charge in [-0.05, 0) is 55.7 Å². The lowest BCUT2D eigenvalue weighted by Gasteiger charge is -2.23. The summed E-state index contributed by atoms with van der Waals surface area (Å²) in [5.74, 6) is 0.325. The van der Waals surface area contributed by atoms with E-state index in [9.17, 15) is 13.2 Å². The molecule has 0 aliphatic carbocycles. The van der Waals surface area contributed by atoms with Crippen molar-refractivity contribution in [2.75, 3.05) is 6.61 Å². The smallest absolute Gasteiger partial charge is 0.261 e. The molecule has 1 N–H and O–H groups in total. The Morgan fingerprint density at radius 3 is 1.94 bits per heavy atom. The molecule has 3 rings (SSSR count). The Labute approximate surface area is 196 Å². The van der Waals surface area contributed by atoms with Gasteiger partial charge in [0.2, 0.25) is 10.0 Å². The molecule has 0 saturated heterocycles. The molecular weight excluding hydrogens is 436 g/mol. The summed E-state index contributed by atoms with van der Waals surface area (Å²) < 4.78 is 33.2. The van der Waals surface area contributed by atoms with Crippen molar-refractivity contribution in [3.63, 3.8) is 0 Å². The van der Waals surface area contributed by atoms with Gasteiger partial charge in [0.25, 0.3) is 5.91 Å². The van der Waals surface area contributed by atoms with Crippen molar-refractivity contribution in [2.24, 2.45) is 0 Å². The maximum Gasteiger partial charge on any atom is 0.261 e. The summed E-state index contributed by atoms with van der Waals surface area (Å²) in [6.07, 6.45) is 0. The summed E-state index contributed by atoms with van der Waals surface area (Å²) in [6, 6.07) is 24.1. The van der Waals surface area contributed by atoms with Gasteiger partial charge in [-0.3, -0.25) is 4.79 Å². The van der Waals surface area contributed by atoms with Crippen LogP contribution in [0.2, 0.25) is 0 Å². The fourth-order valence-electron chi connectivity index (χ4n) is 3.40. The minimum absolute atomic E-state index is 0.142. The molecule has 3 aromatic carbocycles. The largest absolute Gasteiger partial charge is 0.483 e. The molecule has 7 heteroatoms. The number of aryl methyl sites for hydroxylation is 1. The van der Waals surface area contributed by atoms with E-state index in [0.717, 1.165) is 11.1 Å². The van der Waals surface area contributed by atoms with Crippen LogP contribution in [-0.2, 0) is 27.9 Å². The Kier molecular flexibility index (Phi) is 8.25. The summed E-state index contributed by atoms with van der Waals surface area (Å²) in [4.78, 5) is 15.0. The average molecular weight is 467 g/mol. The van der Waals surface area contributed by atoms with E-state index in [0.29, 0.717) is 24.4 Å². The van der Waals surface area contributed by atoms with Gasteiger partial charge in [0, 0.05) is 19.1 Å². The first-order valence-corrected chi connectivity index (χ1v) is 12.3. The molecule has 0 radical (unpaired) electrons. The molecule has 3 aromatic rings. The third-order valence-corrected chi connectivity index (χ3v) is 6.64. The molecule has 0 aliphatic heterocycles. The molecular formula is C26H30N2O4S. The molecule has 6 nitrogen and oxygen atoms in total. The lowest BCUT2D eigenvalue weighted by atomic mass is 10.1. The van der Waals surface area contributed by atoms with Crippen molar-refractivity contribution in [1.29, 1.82) is 0 Å². The van der Waals surface area contributed by atoms with Crippen LogP contribution in [0, 0.1) is 6.92 Å². The third kappa shape index (κ3) is 7.17. The molecule has 0 unspecified atom stereocenters. The van der Waals surface area contributed by atoms with Crippen LogP contribution in [0.5, 0.6) is 5.75 Å².